The van der Waals surface area contributed by atoms with Crippen molar-refractivity contribution in [3.05, 3.63) is 91.7 Å². The number of fused-ring (bicyclic) bond motifs is 2. The number of amides is 1. The first-order valence-corrected chi connectivity index (χ1v) is 9.86. The van der Waals surface area contributed by atoms with E-state index in [0.717, 1.165) is 10.0 Å². The summed E-state index contributed by atoms with van der Waals surface area (Å²) in [5.74, 6) is -0.269. The molecule has 2 aromatic heterocycles. The van der Waals surface area contributed by atoms with Gasteiger partial charge in [-0.3, -0.25) is 14.5 Å². The quantitative estimate of drug-likeness (QED) is 0.452. The van der Waals surface area contributed by atoms with E-state index in [9.17, 15) is 9.59 Å². The molecule has 7 heteroatoms. The van der Waals surface area contributed by atoms with Crippen LogP contribution in [-0.2, 0) is 0 Å². The summed E-state index contributed by atoms with van der Waals surface area (Å²) in [6, 6.07) is 14.1. The number of thiazole rings is 1. The number of halogens is 1. The summed E-state index contributed by atoms with van der Waals surface area (Å²) >= 11 is 4.74. The minimum absolute atomic E-state index is 0.0823. The van der Waals surface area contributed by atoms with Crippen molar-refractivity contribution in [2.45, 2.75) is 6.04 Å². The second kappa shape index (κ2) is 6.14. The van der Waals surface area contributed by atoms with Crippen LogP contribution in [0.25, 0.3) is 11.0 Å². The van der Waals surface area contributed by atoms with Crippen LogP contribution < -0.4 is 10.3 Å². The summed E-state index contributed by atoms with van der Waals surface area (Å²) in [4.78, 5) is 32.4. The molecule has 1 aliphatic rings. The van der Waals surface area contributed by atoms with Crippen molar-refractivity contribution in [3.8, 4) is 0 Å². The third kappa shape index (κ3) is 2.46. The van der Waals surface area contributed by atoms with Crippen molar-refractivity contribution in [2.75, 3.05) is 4.90 Å². The van der Waals surface area contributed by atoms with Crippen LogP contribution in [0.1, 0.15) is 27.7 Å². The molecule has 3 heterocycles. The highest BCUT2D eigenvalue weighted by atomic mass is 79.9. The van der Waals surface area contributed by atoms with E-state index in [1.165, 1.54) is 11.3 Å². The molecule has 0 N–H and O–H groups in total. The highest BCUT2D eigenvalue weighted by Gasteiger charge is 2.44. The normalized spacial score (nSPS) is 16.1. The Balaban J connectivity index is 1.85. The van der Waals surface area contributed by atoms with Gasteiger partial charge in [-0.15, -0.1) is 11.3 Å². The molecule has 0 saturated carbocycles. The van der Waals surface area contributed by atoms with E-state index in [4.69, 9.17) is 4.42 Å². The van der Waals surface area contributed by atoms with Crippen molar-refractivity contribution in [1.82, 2.24) is 4.98 Å². The molecular formula is C20H11BrN2O3S. The van der Waals surface area contributed by atoms with Gasteiger partial charge in [-0.2, -0.15) is 0 Å². The van der Waals surface area contributed by atoms with E-state index in [1.807, 2.05) is 30.3 Å². The average molecular weight is 439 g/mol. The fourth-order valence-electron chi connectivity index (χ4n) is 3.43. The lowest BCUT2D eigenvalue weighted by Crippen LogP contribution is -2.29. The van der Waals surface area contributed by atoms with Gasteiger partial charge in [-0.05, 0) is 23.8 Å². The maximum Gasteiger partial charge on any atom is 0.297 e. The number of anilines is 1. The maximum atomic E-state index is 13.3. The van der Waals surface area contributed by atoms with Crippen molar-refractivity contribution in [1.29, 1.82) is 0 Å². The van der Waals surface area contributed by atoms with Crippen LogP contribution in [0.3, 0.4) is 0 Å². The van der Waals surface area contributed by atoms with Gasteiger partial charge in [0.15, 0.2) is 10.6 Å². The standard InChI is InChI=1S/C20H11BrN2O3S/c21-12-6-7-14-13(10-12)17(24)15-16(11-4-2-1-3-5-11)23(19(25)18(15)26-14)20-22-8-9-27-20/h1-10,16H/t16-/m1/s1. The molecule has 0 saturated heterocycles. The van der Waals surface area contributed by atoms with Crippen LogP contribution in [-0.4, -0.2) is 10.9 Å². The van der Waals surface area contributed by atoms with E-state index in [-0.39, 0.29) is 17.1 Å². The van der Waals surface area contributed by atoms with Crippen molar-refractivity contribution in [3.63, 3.8) is 0 Å². The smallest absolute Gasteiger partial charge is 0.297 e. The van der Waals surface area contributed by atoms with Crippen LogP contribution in [0.15, 0.2) is 73.8 Å². The molecular weight excluding hydrogens is 428 g/mol. The molecule has 5 nitrogen and oxygen atoms in total. The maximum absolute atomic E-state index is 13.3. The fourth-order valence-corrected chi connectivity index (χ4v) is 4.46. The topological polar surface area (TPSA) is 63.4 Å². The molecule has 1 amide bonds. The molecule has 27 heavy (non-hydrogen) atoms. The van der Waals surface area contributed by atoms with Gasteiger partial charge >= 0.3 is 0 Å². The zero-order valence-electron chi connectivity index (χ0n) is 13.8. The van der Waals surface area contributed by atoms with Crippen LogP contribution >= 0.6 is 27.3 Å². The number of aromatic nitrogens is 1. The molecule has 0 bridgehead atoms. The molecule has 0 spiro atoms. The van der Waals surface area contributed by atoms with Gasteiger partial charge in [0.25, 0.3) is 5.91 Å². The Hall–Kier alpha value is -2.77. The summed E-state index contributed by atoms with van der Waals surface area (Å²) in [5.41, 5.74) is 1.38. The molecule has 1 aliphatic heterocycles. The van der Waals surface area contributed by atoms with Gasteiger partial charge in [-0.25, -0.2) is 4.98 Å². The molecule has 0 fully saturated rings. The SMILES string of the molecule is O=C1c2oc3ccc(Br)cc3c(=O)c2[C@@H](c2ccccc2)N1c1nccs1. The van der Waals surface area contributed by atoms with Gasteiger partial charge < -0.3 is 4.42 Å². The fraction of sp³-hybridized carbons (Fsp3) is 0.0500. The molecule has 4 aromatic rings. The Kier molecular flexibility index (Phi) is 3.73. The van der Waals surface area contributed by atoms with Gasteiger partial charge in [-0.1, -0.05) is 46.3 Å². The Bertz CT molecular complexity index is 1240. The second-order valence-corrected chi connectivity index (χ2v) is 7.91. The van der Waals surface area contributed by atoms with Crippen molar-refractivity contribution < 1.29 is 9.21 Å². The van der Waals surface area contributed by atoms with Crippen LogP contribution in [0.4, 0.5) is 5.13 Å². The monoisotopic (exact) mass is 438 g/mol. The molecule has 0 aliphatic carbocycles. The number of hydrogen-bond acceptors (Lipinski definition) is 5. The summed E-state index contributed by atoms with van der Waals surface area (Å²) in [6.07, 6.45) is 1.64. The number of hydrogen-bond donors (Lipinski definition) is 0. The Morgan fingerprint density at radius 1 is 1.11 bits per heavy atom. The first kappa shape index (κ1) is 16.4. The first-order valence-electron chi connectivity index (χ1n) is 8.19. The highest BCUT2D eigenvalue weighted by molar-refractivity contribution is 9.10. The van der Waals surface area contributed by atoms with Crippen LogP contribution in [0, 0.1) is 0 Å². The van der Waals surface area contributed by atoms with Gasteiger partial charge in [0, 0.05) is 16.0 Å². The summed E-state index contributed by atoms with van der Waals surface area (Å²) < 4.78 is 6.67. The largest absolute Gasteiger partial charge is 0.450 e. The lowest BCUT2D eigenvalue weighted by atomic mass is 9.99. The van der Waals surface area contributed by atoms with Gasteiger partial charge in [0.1, 0.15) is 5.58 Å². The minimum atomic E-state index is -0.570. The number of rotatable bonds is 2. The number of benzene rings is 2. The Morgan fingerprint density at radius 3 is 2.67 bits per heavy atom. The highest BCUT2D eigenvalue weighted by Crippen LogP contribution is 2.41. The van der Waals surface area contributed by atoms with Gasteiger partial charge in [0.2, 0.25) is 5.76 Å². The van der Waals surface area contributed by atoms with E-state index < -0.39 is 6.04 Å². The van der Waals surface area contributed by atoms with E-state index in [1.54, 1.807) is 34.7 Å². The number of carbonyl (C=O) groups is 1. The van der Waals surface area contributed by atoms with Crippen LogP contribution in [0.2, 0.25) is 0 Å². The molecule has 0 radical (unpaired) electrons. The lowest BCUT2D eigenvalue weighted by molar-refractivity contribution is 0.0971. The second-order valence-electron chi connectivity index (χ2n) is 6.12. The van der Waals surface area contributed by atoms with E-state index in [0.29, 0.717) is 21.7 Å². The van der Waals surface area contributed by atoms with Gasteiger partial charge in [0.05, 0.1) is 17.0 Å². The molecule has 5 rings (SSSR count). The lowest BCUT2D eigenvalue weighted by Gasteiger charge is -2.22. The van der Waals surface area contributed by atoms with Crippen LogP contribution in [0.5, 0.6) is 0 Å². The average Bonchev–Trinajstić information content (AvgIpc) is 3.30. The summed E-state index contributed by atoms with van der Waals surface area (Å²) in [6.45, 7) is 0. The van der Waals surface area contributed by atoms with Crippen molar-refractivity contribution in [2.24, 2.45) is 0 Å². The van der Waals surface area contributed by atoms with Crippen molar-refractivity contribution >= 4 is 49.3 Å². The molecule has 132 valence electrons. The zero-order valence-corrected chi connectivity index (χ0v) is 16.2. The van der Waals surface area contributed by atoms with E-state index in [2.05, 4.69) is 20.9 Å². The molecule has 0 unspecified atom stereocenters. The Morgan fingerprint density at radius 2 is 1.93 bits per heavy atom. The number of nitrogens with zero attached hydrogens (tertiary/aromatic N) is 2. The third-order valence-corrected chi connectivity index (χ3v) is 5.84. The van der Waals surface area contributed by atoms with E-state index >= 15 is 0 Å². The third-order valence-electron chi connectivity index (χ3n) is 4.57. The predicted molar refractivity (Wildman–Crippen MR) is 107 cm³/mol. The number of carbonyl (C=O) groups excluding carboxylic acids is 1. The molecule has 1 atom stereocenters. The predicted octanol–water partition coefficient (Wildman–Crippen LogP) is 4.76. The summed E-state index contributed by atoms with van der Waals surface area (Å²) in [7, 11) is 0. The molecule has 2 aromatic carbocycles. The zero-order chi connectivity index (χ0) is 18.5. The Labute approximate surface area is 166 Å². The minimum Gasteiger partial charge on any atom is -0.450 e. The summed E-state index contributed by atoms with van der Waals surface area (Å²) in [5, 5.41) is 2.78. The first-order chi connectivity index (χ1) is 13.1.